The quantitative estimate of drug-likeness (QED) is 0.522. The van der Waals surface area contributed by atoms with Crippen molar-refractivity contribution in [2.45, 2.75) is 71.0 Å². The number of carbonyl (C=O) groups is 1. The molecule has 0 saturated carbocycles. The third-order valence-electron chi connectivity index (χ3n) is 5.35. The zero-order valence-electron chi connectivity index (χ0n) is 15.9. The number of hydrogen-bond donors (Lipinski definition) is 0. The van der Waals surface area contributed by atoms with E-state index in [9.17, 15) is 4.79 Å². The Balaban J connectivity index is 3.25. The first-order valence-corrected chi connectivity index (χ1v) is 11.3. The Hall–Kier alpha value is -1.29. The summed E-state index contributed by atoms with van der Waals surface area (Å²) in [6.07, 6.45) is 1.42. The average Bonchev–Trinajstić information content (AvgIpc) is 2.47. The molecule has 0 aliphatic rings. The number of benzene rings is 1. The normalized spacial score (nSPS) is 12.9. The van der Waals surface area contributed by atoms with Crippen molar-refractivity contribution in [1.82, 2.24) is 0 Å². The van der Waals surface area contributed by atoms with Crippen molar-refractivity contribution < 1.29 is 14.0 Å². The Morgan fingerprint density at radius 1 is 1.13 bits per heavy atom. The molecule has 0 aromatic heterocycles. The Morgan fingerprint density at radius 2 is 1.70 bits per heavy atom. The van der Waals surface area contributed by atoms with E-state index in [2.05, 4.69) is 33.9 Å². The molecule has 4 heteroatoms. The molecule has 0 aliphatic carbocycles. The van der Waals surface area contributed by atoms with Crippen LogP contribution >= 0.6 is 0 Å². The molecule has 1 aromatic carbocycles. The Morgan fingerprint density at radius 3 is 2.13 bits per heavy atom. The lowest BCUT2D eigenvalue weighted by Crippen LogP contribution is -2.44. The molecule has 0 aliphatic heterocycles. The second-order valence-corrected chi connectivity index (χ2v) is 12.4. The first kappa shape index (κ1) is 19.8. The Labute approximate surface area is 142 Å². The van der Waals surface area contributed by atoms with Crippen molar-refractivity contribution in [2.75, 3.05) is 7.11 Å². The van der Waals surface area contributed by atoms with Gasteiger partial charge < -0.3 is 9.16 Å². The highest BCUT2D eigenvalue weighted by Crippen LogP contribution is 2.39. The largest absolute Gasteiger partial charge is 0.543 e. The molecule has 0 atom stereocenters. The maximum Gasteiger partial charge on any atom is 0.316 e. The summed E-state index contributed by atoms with van der Waals surface area (Å²) in [7, 11) is -0.443. The predicted molar refractivity (Wildman–Crippen MR) is 98.5 cm³/mol. The van der Waals surface area contributed by atoms with Gasteiger partial charge in [0, 0.05) is 0 Å². The molecule has 0 fully saturated rings. The monoisotopic (exact) mass is 336 g/mol. The second-order valence-electron chi connectivity index (χ2n) is 7.67. The molecule has 0 N–H and O–H groups in total. The van der Waals surface area contributed by atoms with Crippen molar-refractivity contribution in [2.24, 2.45) is 0 Å². The van der Waals surface area contributed by atoms with Crippen LogP contribution in [0.25, 0.3) is 0 Å². The zero-order valence-corrected chi connectivity index (χ0v) is 16.9. The fraction of sp³-hybridized carbons (Fsp3) is 0.632. The van der Waals surface area contributed by atoms with Gasteiger partial charge in [0.25, 0.3) is 0 Å². The van der Waals surface area contributed by atoms with E-state index in [4.69, 9.17) is 9.16 Å². The lowest BCUT2D eigenvalue weighted by molar-refractivity contribution is -0.148. The molecule has 0 heterocycles. The van der Waals surface area contributed by atoms with Crippen LogP contribution in [0.2, 0.25) is 18.1 Å². The summed E-state index contributed by atoms with van der Waals surface area (Å²) in [5, 5.41) is 0.137. The highest BCUT2D eigenvalue weighted by molar-refractivity contribution is 6.74. The fourth-order valence-electron chi connectivity index (χ4n) is 2.57. The minimum absolute atomic E-state index is 0.137. The van der Waals surface area contributed by atoms with Crippen LogP contribution in [0.3, 0.4) is 0 Å². The maximum atomic E-state index is 12.4. The van der Waals surface area contributed by atoms with Crippen LogP contribution in [0.5, 0.6) is 5.75 Å². The van der Waals surface area contributed by atoms with Gasteiger partial charge in [0.15, 0.2) is 0 Å². The van der Waals surface area contributed by atoms with Crippen LogP contribution in [0.4, 0.5) is 0 Å². The number of rotatable bonds is 6. The molecule has 0 amide bonds. The summed E-state index contributed by atoms with van der Waals surface area (Å²) in [5.74, 6) is 0.677. The molecule has 0 spiro atoms. The van der Waals surface area contributed by atoms with Gasteiger partial charge in [-0.1, -0.05) is 46.8 Å². The summed E-state index contributed by atoms with van der Waals surface area (Å²) in [6, 6.07) is 7.98. The third kappa shape index (κ3) is 3.97. The molecule has 0 bridgehead atoms. The average molecular weight is 337 g/mol. The van der Waals surface area contributed by atoms with E-state index < -0.39 is 13.7 Å². The first-order chi connectivity index (χ1) is 10.5. The van der Waals surface area contributed by atoms with Gasteiger partial charge in [0.2, 0.25) is 8.32 Å². The lowest BCUT2D eigenvalue weighted by atomic mass is 9.76. The Bertz CT molecular complexity index is 540. The first-order valence-electron chi connectivity index (χ1n) is 8.42. The summed E-state index contributed by atoms with van der Waals surface area (Å²) in [5.41, 5.74) is 0.382. The minimum Gasteiger partial charge on any atom is -0.543 e. The van der Waals surface area contributed by atoms with Crippen molar-refractivity contribution in [3.8, 4) is 5.75 Å². The highest BCUT2D eigenvalue weighted by atomic mass is 28.4. The van der Waals surface area contributed by atoms with Gasteiger partial charge >= 0.3 is 5.97 Å². The van der Waals surface area contributed by atoms with Gasteiger partial charge in [-0.2, -0.15) is 0 Å². The van der Waals surface area contributed by atoms with Crippen LogP contribution in [-0.2, 0) is 14.9 Å². The standard InChI is InChI=1S/C19H32O3Si/c1-9-19(10-2,17(20)21-6)15-12-11-13-16(14-15)22-23(7,8)18(3,4)5/h11-14H,9-10H2,1-8H3. The second kappa shape index (κ2) is 7.08. The van der Waals surface area contributed by atoms with E-state index in [0.29, 0.717) is 12.8 Å². The van der Waals surface area contributed by atoms with Crippen molar-refractivity contribution >= 4 is 14.3 Å². The van der Waals surface area contributed by atoms with E-state index in [0.717, 1.165) is 11.3 Å². The molecular formula is C19H32O3Si. The van der Waals surface area contributed by atoms with Gasteiger partial charge in [-0.25, -0.2) is 0 Å². The molecule has 130 valence electrons. The molecule has 23 heavy (non-hydrogen) atoms. The number of ether oxygens (including phenoxy) is 1. The smallest absolute Gasteiger partial charge is 0.316 e. The van der Waals surface area contributed by atoms with Crippen LogP contribution in [0.1, 0.15) is 53.0 Å². The van der Waals surface area contributed by atoms with Crippen LogP contribution in [-0.4, -0.2) is 21.4 Å². The molecule has 3 nitrogen and oxygen atoms in total. The zero-order chi connectivity index (χ0) is 17.9. The van der Waals surface area contributed by atoms with Crippen LogP contribution < -0.4 is 4.43 Å². The molecule has 0 unspecified atom stereocenters. The number of esters is 1. The summed E-state index contributed by atoms with van der Waals surface area (Å²) in [4.78, 5) is 12.4. The van der Waals surface area contributed by atoms with E-state index in [-0.39, 0.29) is 11.0 Å². The van der Waals surface area contributed by atoms with Crippen molar-refractivity contribution in [3.05, 3.63) is 29.8 Å². The molecule has 0 saturated heterocycles. The van der Waals surface area contributed by atoms with Gasteiger partial charge in [-0.15, -0.1) is 0 Å². The van der Waals surface area contributed by atoms with Crippen LogP contribution in [0, 0.1) is 0 Å². The van der Waals surface area contributed by atoms with E-state index in [1.165, 1.54) is 7.11 Å². The van der Waals surface area contributed by atoms with Crippen molar-refractivity contribution in [3.63, 3.8) is 0 Å². The van der Waals surface area contributed by atoms with Gasteiger partial charge in [-0.3, -0.25) is 4.79 Å². The molecule has 1 rings (SSSR count). The molecular weight excluding hydrogens is 304 g/mol. The molecule has 1 aromatic rings. The summed E-state index contributed by atoms with van der Waals surface area (Å²) >= 11 is 0. The molecule has 0 radical (unpaired) electrons. The predicted octanol–water partition coefficient (Wildman–Crippen LogP) is 5.30. The van der Waals surface area contributed by atoms with Gasteiger partial charge in [0.1, 0.15) is 5.75 Å². The maximum absolute atomic E-state index is 12.4. The van der Waals surface area contributed by atoms with Crippen LogP contribution in [0.15, 0.2) is 24.3 Å². The highest BCUT2D eigenvalue weighted by Gasteiger charge is 2.40. The summed E-state index contributed by atoms with van der Waals surface area (Å²) < 4.78 is 11.5. The van der Waals surface area contributed by atoms with E-state index in [1.54, 1.807) is 0 Å². The number of hydrogen-bond acceptors (Lipinski definition) is 3. The van der Waals surface area contributed by atoms with E-state index in [1.807, 2.05) is 38.1 Å². The SMILES string of the molecule is CCC(CC)(C(=O)OC)c1cccc(O[Si](C)(C)C(C)(C)C)c1. The Kier molecular flexibility index (Phi) is 6.08. The topological polar surface area (TPSA) is 35.5 Å². The van der Waals surface area contributed by atoms with Gasteiger partial charge in [-0.05, 0) is 48.7 Å². The minimum atomic E-state index is -1.90. The fourth-order valence-corrected chi connectivity index (χ4v) is 3.59. The van der Waals surface area contributed by atoms with Crippen molar-refractivity contribution in [1.29, 1.82) is 0 Å². The summed E-state index contributed by atoms with van der Waals surface area (Å²) in [6.45, 7) is 15.2. The third-order valence-corrected chi connectivity index (χ3v) is 9.71. The van der Waals surface area contributed by atoms with E-state index >= 15 is 0 Å². The number of carbonyl (C=O) groups excluding carboxylic acids is 1. The number of methoxy groups -OCH3 is 1. The lowest BCUT2D eigenvalue weighted by Gasteiger charge is -2.37. The van der Waals surface area contributed by atoms with Gasteiger partial charge in [0.05, 0.1) is 12.5 Å².